The van der Waals surface area contributed by atoms with E-state index < -0.39 is 0 Å². The molecule has 138 valence electrons. The van der Waals surface area contributed by atoms with Gasteiger partial charge >= 0.3 is 0 Å². The van der Waals surface area contributed by atoms with E-state index in [1.165, 1.54) is 25.6 Å². The van der Waals surface area contributed by atoms with Crippen molar-refractivity contribution in [2.45, 2.75) is 51.0 Å². The van der Waals surface area contributed by atoms with Crippen molar-refractivity contribution in [2.24, 2.45) is 5.92 Å². The molecule has 0 atom stereocenters. The molecule has 2 aromatic rings. The third kappa shape index (κ3) is 3.84. The number of nitrogens with one attached hydrogen (secondary N) is 1. The van der Waals surface area contributed by atoms with Crippen LogP contribution in [0.4, 0.5) is 5.82 Å². The summed E-state index contributed by atoms with van der Waals surface area (Å²) in [6.07, 6.45) is 12.4. The van der Waals surface area contributed by atoms with Crippen molar-refractivity contribution in [3.05, 3.63) is 25.0 Å². The van der Waals surface area contributed by atoms with Crippen LogP contribution in [0.1, 0.15) is 44.9 Å². The molecule has 0 aromatic carbocycles. The number of amides is 1. The molecule has 0 bridgehead atoms. The SMILES string of the molecule is O=C(NC1CCCCC1)C1CCN(c2cc(-n3cncn3)ncn2)CC1. The Morgan fingerprint density at radius 1 is 1.00 bits per heavy atom. The van der Waals surface area contributed by atoms with Crippen LogP contribution < -0.4 is 10.2 Å². The van der Waals surface area contributed by atoms with Gasteiger partial charge in [0.25, 0.3) is 0 Å². The van der Waals surface area contributed by atoms with E-state index in [1.807, 2.05) is 6.07 Å². The van der Waals surface area contributed by atoms with Crippen LogP contribution >= 0.6 is 0 Å². The van der Waals surface area contributed by atoms with Crippen molar-refractivity contribution >= 4 is 11.7 Å². The third-order valence-corrected chi connectivity index (χ3v) is 5.43. The van der Waals surface area contributed by atoms with Crippen LogP contribution in [0.3, 0.4) is 0 Å². The maximum Gasteiger partial charge on any atom is 0.223 e. The summed E-state index contributed by atoms with van der Waals surface area (Å²) >= 11 is 0. The number of aromatic nitrogens is 5. The van der Waals surface area contributed by atoms with E-state index in [0.717, 1.165) is 44.6 Å². The zero-order chi connectivity index (χ0) is 17.8. The highest BCUT2D eigenvalue weighted by molar-refractivity contribution is 5.79. The van der Waals surface area contributed by atoms with E-state index in [0.29, 0.717) is 11.9 Å². The molecule has 8 heteroatoms. The van der Waals surface area contributed by atoms with Gasteiger partial charge in [0.15, 0.2) is 5.82 Å². The van der Waals surface area contributed by atoms with E-state index in [1.54, 1.807) is 17.3 Å². The van der Waals surface area contributed by atoms with Gasteiger partial charge in [-0.3, -0.25) is 4.79 Å². The summed E-state index contributed by atoms with van der Waals surface area (Å²) < 4.78 is 1.62. The highest BCUT2D eigenvalue weighted by Crippen LogP contribution is 2.24. The first kappa shape index (κ1) is 16.9. The third-order valence-electron chi connectivity index (χ3n) is 5.43. The molecular weight excluding hydrogens is 330 g/mol. The standard InChI is InChI=1S/C18H25N7O/c26-18(23-15-4-2-1-3-5-15)14-6-8-24(9-7-14)16-10-17(21-12-20-16)25-13-19-11-22-25/h10-15H,1-9H2,(H,23,26). The van der Waals surface area contributed by atoms with Crippen LogP contribution in [0.5, 0.6) is 0 Å². The molecule has 8 nitrogen and oxygen atoms in total. The van der Waals surface area contributed by atoms with Gasteiger partial charge in [0.05, 0.1) is 0 Å². The Morgan fingerprint density at radius 2 is 1.77 bits per heavy atom. The summed E-state index contributed by atoms with van der Waals surface area (Å²) in [6, 6.07) is 2.30. The quantitative estimate of drug-likeness (QED) is 0.898. The van der Waals surface area contributed by atoms with Gasteiger partial charge in [-0.05, 0) is 25.7 Å². The van der Waals surface area contributed by atoms with E-state index in [9.17, 15) is 4.79 Å². The molecule has 4 rings (SSSR count). The number of anilines is 1. The first-order valence-electron chi connectivity index (χ1n) is 9.52. The first-order valence-corrected chi connectivity index (χ1v) is 9.52. The second-order valence-electron chi connectivity index (χ2n) is 7.18. The minimum absolute atomic E-state index is 0.116. The molecule has 1 saturated carbocycles. The maximum absolute atomic E-state index is 12.5. The van der Waals surface area contributed by atoms with Gasteiger partial charge in [-0.1, -0.05) is 19.3 Å². The van der Waals surface area contributed by atoms with E-state index in [4.69, 9.17) is 0 Å². The van der Waals surface area contributed by atoms with Crippen molar-refractivity contribution in [3.63, 3.8) is 0 Å². The molecule has 0 radical (unpaired) electrons. The van der Waals surface area contributed by atoms with Crippen molar-refractivity contribution in [3.8, 4) is 5.82 Å². The van der Waals surface area contributed by atoms with Crippen molar-refractivity contribution in [2.75, 3.05) is 18.0 Å². The molecule has 2 aliphatic rings. The fourth-order valence-electron chi connectivity index (χ4n) is 3.90. The van der Waals surface area contributed by atoms with Crippen LogP contribution in [0.15, 0.2) is 25.0 Å². The van der Waals surface area contributed by atoms with Gasteiger partial charge in [0, 0.05) is 31.1 Å². The molecular formula is C18H25N7O. The summed E-state index contributed by atoms with van der Waals surface area (Å²) in [6.45, 7) is 1.66. The van der Waals surface area contributed by atoms with Gasteiger partial charge in [0.1, 0.15) is 24.8 Å². The number of nitrogens with zero attached hydrogens (tertiary/aromatic N) is 6. The van der Waals surface area contributed by atoms with Gasteiger partial charge in [-0.2, -0.15) is 5.10 Å². The number of carbonyl (C=O) groups is 1. The maximum atomic E-state index is 12.5. The fourth-order valence-corrected chi connectivity index (χ4v) is 3.90. The molecule has 1 amide bonds. The Morgan fingerprint density at radius 3 is 2.50 bits per heavy atom. The summed E-state index contributed by atoms with van der Waals surface area (Å²) in [7, 11) is 0. The van der Waals surface area contributed by atoms with Crippen LogP contribution in [0.2, 0.25) is 0 Å². The van der Waals surface area contributed by atoms with Crippen LogP contribution in [-0.2, 0) is 4.79 Å². The molecule has 1 aliphatic heterocycles. The zero-order valence-electron chi connectivity index (χ0n) is 14.9. The average Bonchev–Trinajstić information content (AvgIpc) is 3.24. The largest absolute Gasteiger partial charge is 0.356 e. The van der Waals surface area contributed by atoms with Gasteiger partial charge < -0.3 is 10.2 Å². The molecule has 1 aliphatic carbocycles. The molecule has 1 saturated heterocycles. The molecule has 2 fully saturated rings. The van der Waals surface area contributed by atoms with Crippen molar-refractivity contribution < 1.29 is 4.79 Å². The number of rotatable bonds is 4. The smallest absolute Gasteiger partial charge is 0.223 e. The summed E-state index contributed by atoms with van der Waals surface area (Å²) in [4.78, 5) is 27.3. The number of carbonyl (C=O) groups excluding carboxylic acids is 1. The predicted molar refractivity (Wildman–Crippen MR) is 96.9 cm³/mol. The molecule has 26 heavy (non-hydrogen) atoms. The van der Waals surface area contributed by atoms with E-state index in [-0.39, 0.29) is 11.8 Å². The lowest BCUT2D eigenvalue weighted by Crippen LogP contribution is -2.44. The summed E-state index contributed by atoms with van der Waals surface area (Å²) in [5.41, 5.74) is 0. The Balaban J connectivity index is 1.33. The minimum Gasteiger partial charge on any atom is -0.356 e. The molecule has 3 heterocycles. The lowest BCUT2D eigenvalue weighted by Gasteiger charge is -2.33. The number of piperidine rings is 1. The number of hydrogen-bond donors (Lipinski definition) is 1. The van der Waals surface area contributed by atoms with E-state index in [2.05, 4.69) is 30.3 Å². The van der Waals surface area contributed by atoms with Crippen LogP contribution in [-0.4, -0.2) is 49.8 Å². The molecule has 0 spiro atoms. The van der Waals surface area contributed by atoms with Crippen molar-refractivity contribution in [1.82, 2.24) is 30.0 Å². The zero-order valence-corrected chi connectivity index (χ0v) is 14.9. The molecule has 1 N–H and O–H groups in total. The second kappa shape index (κ2) is 7.80. The molecule has 0 unspecified atom stereocenters. The Labute approximate surface area is 153 Å². The number of hydrogen-bond acceptors (Lipinski definition) is 6. The Bertz CT molecular complexity index is 719. The van der Waals surface area contributed by atoms with Crippen LogP contribution in [0, 0.1) is 5.92 Å². The monoisotopic (exact) mass is 355 g/mol. The van der Waals surface area contributed by atoms with Gasteiger partial charge in [-0.25, -0.2) is 19.6 Å². The Hall–Kier alpha value is -2.51. The topological polar surface area (TPSA) is 88.8 Å². The fraction of sp³-hybridized carbons (Fsp3) is 0.611. The lowest BCUT2D eigenvalue weighted by molar-refractivity contribution is -0.126. The summed E-state index contributed by atoms with van der Waals surface area (Å²) in [5.74, 6) is 1.92. The van der Waals surface area contributed by atoms with Gasteiger partial charge in [-0.15, -0.1) is 0 Å². The molecule has 2 aromatic heterocycles. The highest BCUT2D eigenvalue weighted by Gasteiger charge is 2.27. The van der Waals surface area contributed by atoms with E-state index >= 15 is 0 Å². The normalized spacial score (nSPS) is 19.5. The lowest BCUT2D eigenvalue weighted by atomic mass is 9.92. The highest BCUT2D eigenvalue weighted by atomic mass is 16.1. The predicted octanol–water partition coefficient (Wildman–Crippen LogP) is 1.72. The second-order valence-corrected chi connectivity index (χ2v) is 7.18. The van der Waals surface area contributed by atoms with Crippen molar-refractivity contribution in [1.29, 1.82) is 0 Å². The van der Waals surface area contributed by atoms with Gasteiger partial charge in [0.2, 0.25) is 5.91 Å². The van der Waals surface area contributed by atoms with Crippen LogP contribution in [0.25, 0.3) is 5.82 Å². The first-order chi connectivity index (χ1) is 12.8. The Kier molecular flexibility index (Phi) is 5.08. The summed E-state index contributed by atoms with van der Waals surface area (Å²) in [5, 5.41) is 7.38. The average molecular weight is 355 g/mol. The minimum atomic E-state index is 0.116.